The first-order valence-corrected chi connectivity index (χ1v) is 7.65. The molecule has 0 saturated carbocycles. The fourth-order valence-corrected chi connectivity index (χ4v) is 2.17. The van der Waals surface area contributed by atoms with E-state index in [0.717, 1.165) is 29.7 Å². The Balaban J connectivity index is 2.09. The number of benzene rings is 1. The van der Waals surface area contributed by atoms with E-state index in [-0.39, 0.29) is 0 Å². The average molecular weight is 356 g/mol. The van der Waals surface area contributed by atoms with Gasteiger partial charge in [-0.05, 0) is 37.2 Å². The van der Waals surface area contributed by atoms with Gasteiger partial charge in [-0.1, -0.05) is 40.5 Å². The van der Waals surface area contributed by atoms with Crippen LogP contribution in [0.1, 0.15) is 19.0 Å². The number of halogens is 2. The van der Waals surface area contributed by atoms with E-state index >= 15 is 0 Å². The van der Waals surface area contributed by atoms with Crippen molar-refractivity contribution in [1.29, 1.82) is 0 Å². The van der Waals surface area contributed by atoms with Gasteiger partial charge in [0.1, 0.15) is 5.75 Å². The normalized spacial score (nSPS) is 10.6. The number of aromatic nitrogens is 1. The molecule has 2 aromatic rings. The standard InChI is InChI=1S/C15H16BrClN2O/c1-2-8-18-10-12-4-3-5-15(19-12)20-14-9-11(16)6-7-13(14)17/h3-7,9,18H,2,8,10H2,1H3. The lowest BCUT2D eigenvalue weighted by molar-refractivity contribution is 0.459. The van der Waals surface area contributed by atoms with Gasteiger partial charge in [-0.15, -0.1) is 0 Å². The number of pyridine rings is 1. The predicted molar refractivity (Wildman–Crippen MR) is 85.5 cm³/mol. The fourth-order valence-electron chi connectivity index (χ4n) is 1.67. The van der Waals surface area contributed by atoms with E-state index in [1.54, 1.807) is 6.07 Å². The highest BCUT2D eigenvalue weighted by molar-refractivity contribution is 9.10. The first kappa shape index (κ1) is 15.3. The molecule has 0 radical (unpaired) electrons. The maximum Gasteiger partial charge on any atom is 0.219 e. The molecule has 0 spiro atoms. The van der Waals surface area contributed by atoms with Crippen LogP contribution < -0.4 is 10.1 Å². The van der Waals surface area contributed by atoms with Crippen molar-refractivity contribution in [3.63, 3.8) is 0 Å². The lowest BCUT2D eigenvalue weighted by atomic mass is 10.3. The van der Waals surface area contributed by atoms with Gasteiger partial charge in [-0.3, -0.25) is 0 Å². The molecule has 1 aromatic heterocycles. The largest absolute Gasteiger partial charge is 0.437 e. The van der Waals surface area contributed by atoms with E-state index in [0.29, 0.717) is 16.7 Å². The number of rotatable bonds is 6. The number of nitrogens with one attached hydrogen (secondary N) is 1. The van der Waals surface area contributed by atoms with Crippen molar-refractivity contribution in [2.45, 2.75) is 19.9 Å². The minimum absolute atomic E-state index is 0.542. The second-order valence-electron chi connectivity index (χ2n) is 4.32. The summed E-state index contributed by atoms with van der Waals surface area (Å²) in [6, 6.07) is 11.2. The third kappa shape index (κ3) is 4.47. The number of ether oxygens (including phenoxy) is 1. The Morgan fingerprint density at radius 3 is 2.95 bits per heavy atom. The van der Waals surface area contributed by atoms with Crippen LogP contribution in [-0.2, 0) is 6.54 Å². The lowest BCUT2D eigenvalue weighted by Crippen LogP contribution is -2.14. The molecule has 0 aliphatic carbocycles. The van der Waals surface area contributed by atoms with Gasteiger partial charge in [-0.2, -0.15) is 0 Å². The van der Waals surface area contributed by atoms with Crippen molar-refractivity contribution in [1.82, 2.24) is 10.3 Å². The average Bonchev–Trinajstić information content (AvgIpc) is 2.44. The Hall–Kier alpha value is -1.10. The van der Waals surface area contributed by atoms with Crippen molar-refractivity contribution in [3.8, 4) is 11.6 Å². The zero-order valence-corrected chi connectivity index (χ0v) is 13.5. The molecule has 0 aliphatic rings. The molecule has 0 atom stereocenters. The molecule has 0 aliphatic heterocycles. The van der Waals surface area contributed by atoms with Crippen molar-refractivity contribution in [2.75, 3.05) is 6.54 Å². The Labute approximate surface area is 132 Å². The topological polar surface area (TPSA) is 34.1 Å². The third-order valence-electron chi connectivity index (χ3n) is 2.62. The monoisotopic (exact) mass is 354 g/mol. The third-order valence-corrected chi connectivity index (χ3v) is 3.43. The van der Waals surface area contributed by atoms with Crippen LogP contribution in [0.3, 0.4) is 0 Å². The van der Waals surface area contributed by atoms with Crippen LogP contribution >= 0.6 is 27.5 Å². The molecule has 20 heavy (non-hydrogen) atoms. The summed E-state index contributed by atoms with van der Waals surface area (Å²) in [5, 5.41) is 3.87. The van der Waals surface area contributed by atoms with Crippen LogP contribution in [0.25, 0.3) is 0 Å². The molecule has 0 bridgehead atoms. The highest BCUT2D eigenvalue weighted by Gasteiger charge is 2.05. The molecule has 0 fully saturated rings. The van der Waals surface area contributed by atoms with Crippen LogP contribution in [0.4, 0.5) is 0 Å². The van der Waals surface area contributed by atoms with E-state index in [1.165, 1.54) is 0 Å². The summed E-state index contributed by atoms with van der Waals surface area (Å²) in [5.41, 5.74) is 0.946. The minimum Gasteiger partial charge on any atom is -0.437 e. The van der Waals surface area contributed by atoms with Gasteiger partial charge in [0, 0.05) is 17.1 Å². The molecule has 1 N–H and O–H groups in total. The molecule has 1 heterocycles. The number of hydrogen-bond donors (Lipinski definition) is 1. The molecule has 106 valence electrons. The maximum atomic E-state index is 6.10. The zero-order valence-electron chi connectivity index (χ0n) is 11.2. The summed E-state index contributed by atoms with van der Waals surface area (Å²) < 4.78 is 6.65. The van der Waals surface area contributed by atoms with Gasteiger partial charge < -0.3 is 10.1 Å². The SMILES string of the molecule is CCCNCc1cccc(Oc2cc(Br)ccc2Cl)n1. The molecule has 5 heteroatoms. The molecule has 0 saturated heterocycles. The second-order valence-corrected chi connectivity index (χ2v) is 5.64. The van der Waals surface area contributed by atoms with Crippen LogP contribution in [0.2, 0.25) is 5.02 Å². The summed E-state index contributed by atoms with van der Waals surface area (Å²) in [5.74, 6) is 1.13. The van der Waals surface area contributed by atoms with Crippen LogP contribution in [0.15, 0.2) is 40.9 Å². The smallest absolute Gasteiger partial charge is 0.219 e. The summed E-state index contributed by atoms with van der Waals surface area (Å²) >= 11 is 9.50. The number of nitrogens with zero attached hydrogens (tertiary/aromatic N) is 1. The van der Waals surface area contributed by atoms with Gasteiger partial charge in [0.2, 0.25) is 5.88 Å². The quantitative estimate of drug-likeness (QED) is 0.757. The summed E-state index contributed by atoms with van der Waals surface area (Å²) in [6.45, 7) is 3.84. The van der Waals surface area contributed by atoms with Crippen LogP contribution in [0.5, 0.6) is 11.6 Å². The van der Waals surface area contributed by atoms with Crippen molar-refractivity contribution in [3.05, 3.63) is 51.6 Å². The van der Waals surface area contributed by atoms with Crippen molar-refractivity contribution < 1.29 is 4.74 Å². The van der Waals surface area contributed by atoms with Gasteiger partial charge in [0.15, 0.2) is 0 Å². The molecular weight excluding hydrogens is 340 g/mol. The molecule has 0 amide bonds. The first-order valence-electron chi connectivity index (χ1n) is 6.48. The number of hydrogen-bond acceptors (Lipinski definition) is 3. The van der Waals surface area contributed by atoms with Gasteiger partial charge in [-0.25, -0.2) is 4.98 Å². The van der Waals surface area contributed by atoms with Crippen LogP contribution in [0, 0.1) is 0 Å². The fraction of sp³-hybridized carbons (Fsp3) is 0.267. The molecule has 1 aromatic carbocycles. The molecular formula is C15H16BrClN2O. The van der Waals surface area contributed by atoms with E-state index in [1.807, 2.05) is 30.3 Å². The van der Waals surface area contributed by atoms with E-state index in [4.69, 9.17) is 16.3 Å². The Morgan fingerprint density at radius 2 is 2.15 bits per heavy atom. The second kappa shape index (κ2) is 7.62. The van der Waals surface area contributed by atoms with Crippen molar-refractivity contribution in [2.24, 2.45) is 0 Å². The Kier molecular flexibility index (Phi) is 5.83. The van der Waals surface area contributed by atoms with E-state index in [2.05, 4.69) is 33.2 Å². The highest BCUT2D eigenvalue weighted by atomic mass is 79.9. The van der Waals surface area contributed by atoms with Gasteiger partial charge >= 0.3 is 0 Å². The van der Waals surface area contributed by atoms with E-state index in [9.17, 15) is 0 Å². The van der Waals surface area contributed by atoms with Gasteiger partial charge in [0.05, 0.1) is 10.7 Å². The van der Waals surface area contributed by atoms with Gasteiger partial charge in [0.25, 0.3) is 0 Å². The Morgan fingerprint density at radius 1 is 1.30 bits per heavy atom. The zero-order chi connectivity index (χ0) is 14.4. The summed E-state index contributed by atoms with van der Waals surface area (Å²) in [6.07, 6.45) is 1.10. The minimum atomic E-state index is 0.542. The Bertz CT molecular complexity index is 578. The maximum absolute atomic E-state index is 6.10. The van der Waals surface area contributed by atoms with E-state index < -0.39 is 0 Å². The van der Waals surface area contributed by atoms with Crippen molar-refractivity contribution >= 4 is 27.5 Å². The molecule has 0 unspecified atom stereocenters. The van der Waals surface area contributed by atoms with Crippen LogP contribution in [-0.4, -0.2) is 11.5 Å². The lowest BCUT2D eigenvalue weighted by Gasteiger charge is -2.09. The predicted octanol–water partition coefficient (Wildman–Crippen LogP) is 4.79. The molecule has 2 rings (SSSR count). The summed E-state index contributed by atoms with van der Waals surface area (Å²) in [7, 11) is 0. The first-order chi connectivity index (χ1) is 9.69. The summed E-state index contributed by atoms with van der Waals surface area (Å²) in [4.78, 5) is 4.45. The molecule has 3 nitrogen and oxygen atoms in total. The highest BCUT2D eigenvalue weighted by Crippen LogP contribution is 2.31.